The molecular formula is C17H11ClF3N3O2S. The second kappa shape index (κ2) is 7.61. The fraction of sp³-hybridized carbons (Fsp3) is 0.118. The van der Waals surface area contributed by atoms with Gasteiger partial charge in [0, 0.05) is 21.0 Å². The number of aromatic nitrogens is 2. The molecule has 0 fully saturated rings. The third-order valence-corrected chi connectivity index (χ3v) is 4.40. The molecule has 0 aliphatic carbocycles. The monoisotopic (exact) mass is 413 g/mol. The molecule has 0 unspecified atom stereocenters. The highest BCUT2D eigenvalue weighted by Gasteiger charge is 2.29. The standard InChI is InChI=1S/C17H11ClF3N3O2S/c1-9-2-5-11(18)8-13(9)15-23-24-16(26-15)22-14(25)10-3-6-12(7-4-10)27-17(19,20)21/h2-8H,1H3,(H,22,24,25). The van der Waals surface area contributed by atoms with Crippen molar-refractivity contribution >= 4 is 35.3 Å². The first-order chi connectivity index (χ1) is 12.7. The molecule has 1 N–H and O–H groups in total. The van der Waals surface area contributed by atoms with Gasteiger partial charge in [0.1, 0.15) is 0 Å². The molecule has 0 saturated heterocycles. The summed E-state index contributed by atoms with van der Waals surface area (Å²) in [5, 5.41) is 10.5. The SMILES string of the molecule is Cc1ccc(Cl)cc1-c1nnc(NC(=O)c2ccc(SC(F)(F)F)cc2)o1. The number of aryl methyl sites for hydroxylation is 1. The molecule has 10 heteroatoms. The van der Waals surface area contributed by atoms with Crippen LogP contribution in [0, 0.1) is 6.92 Å². The maximum absolute atomic E-state index is 12.3. The Kier molecular flexibility index (Phi) is 5.43. The molecule has 2 aromatic carbocycles. The molecule has 5 nitrogen and oxygen atoms in total. The maximum Gasteiger partial charge on any atom is 0.446 e. The Labute approximate surface area is 160 Å². The first-order valence-electron chi connectivity index (χ1n) is 7.48. The Balaban J connectivity index is 1.72. The zero-order chi connectivity index (χ0) is 19.6. The minimum absolute atomic E-state index is 0.0180. The molecule has 1 aromatic heterocycles. The summed E-state index contributed by atoms with van der Waals surface area (Å²) in [6.45, 7) is 1.84. The van der Waals surface area contributed by atoms with Crippen molar-refractivity contribution in [1.29, 1.82) is 0 Å². The largest absolute Gasteiger partial charge is 0.446 e. The van der Waals surface area contributed by atoms with Crippen molar-refractivity contribution in [3.63, 3.8) is 0 Å². The van der Waals surface area contributed by atoms with Gasteiger partial charge in [-0.05, 0) is 60.6 Å². The summed E-state index contributed by atoms with van der Waals surface area (Å²) in [7, 11) is 0. The molecule has 0 spiro atoms. The van der Waals surface area contributed by atoms with Crippen LogP contribution in [-0.2, 0) is 0 Å². The van der Waals surface area contributed by atoms with E-state index in [9.17, 15) is 18.0 Å². The van der Waals surface area contributed by atoms with E-state index in [1.165, 1.54) is 24.3 Å². The molecule has 140 valence electrons. The lowest BCUT2D eigenvalue weighted by Crippen LogP contribution is -2.12. The number of nitrogens with one attached hydrogen (secondary N) is 1. The molecule has 0 radical (unpaired) electrons. The van der Waals surface area contributed by atoms with Gasteiger partial charge in [-0.3, -0.25) is 10.1 Å². The van der Waals surface area contributed by atoms with E-state index < -0.39 is 11.4 Å². The molecule has 3 aromatic rings. The van der Waals surface area contributed by atoms with E-state index in [4.69, 9.17) is 16.0 Å². The van der Waals surface area contributed by atoms with Crippen LogP contribution in [0.25, 0.3) is 11.5 Å². The van der Waals surface area contributed by atoms with Crippen molar-refractivity contribution in [2.75, 3.05) is 5.32 Å². The lowest BCUT2D eigenvalue weighted by atomic mass is 10.1. The number of hydrogen-bond donors (Lipinski definition) is 1. The summed E-state index contributed by atoms with van der Waals surface area (Å²) in [6.07, 6.45) is 0. The second-order valence-corrected chi connectivity index (χ2v) is 6.97. The molecule has 0 aliphatic heterocycles. The van der Waals surface area contributed by atoms with Crippen LogP contribution in [-0.4, -0.2) is 21.6 Å². The predicted octanol–water partition coefficient (Wildman–Crippen LogP) is 5.56. The zero-order valence-electron chi connectivity index (χ0n) is 13.7. The van der Waals surface area contributed by atoms with Gasteiger partial charge in [-0.1, -0.05) is 22.8 Å². The van der Waals surface area contributed by atoms with Gasteiger partial charge >= 0.3 is 11.5 Å². The number of carbonyl (C=O) groups excluding carboxylic acids is 1. The van der Waals surface area contributed by atoms with Crippen LogP contribution in [0.15, 0.2) is 51.8 Å². The van der Waals surface area contributed by atoms with Crippen molar-refractivity contribution in [2.45, 2.75) is 17.3 Å². The topological polar surface area (TPSA) is 68.0 Å². The van der Waals surface area contributed by atoms with Crippen LogP contribution >= 0.6 is 23.4 Å². The molecule has 0 saturated carbocycles. The summed E-state index contributed by atoms with van der Waals surface area (Å²) in [6, 6.07) is 10.0. The highest BCUT2D eigenvalue weighted by atomic mass is 35.5. The Bertz CT molecular complexity index is 974. The van der Waals surface area contributed by atoms with Crippen molar-refractivity contribution in [3.05, 3.63) is 58.6 Å². The first kappa shape index (κ1) is 19.2. The fourth-order valence-electron chi connectivity index (χ4n) is 2.18. The van der Waals surface area contributed by atoms with Gasteiger partial charge in [-0.2, -0.15) is 13.2 Å². The fourth-order valence-corrected chi connectivity index (χ4v) is 2.90. The molecule has 27 heavy (non-hydrogen) atoms. The van der Waals surface area contributed by atoms with Crippen molar-refractivity contribution in [2.24, 2.45) is 0 Å². The van der Waals surface area contributed by atoms with Crippen LogP contribution in [0.1, 0.15) is 15.9 Å². The summed E-state index contributed by atoms with van der Waals surface area (Å²) in [5.41, 5.74) is -2.74. The minimum atomic E-state index is -4.39. The molecule has 1 amide bonds. The van der Waals surface area contributed by atoms with Gasteiger partial charge in [0.15, 0.2) is 0 Å². The van der Waals surface area contributed by atoms with Crippen molar-refractivity contribution in [1.82, 2.24) is 10.2 Å². The summed E-state index contributed by atoms with van der Waals surface area (Å²) >= 11 is 5.70. The predicted molar refractivity (Wildman–Crippen MR) is 95.8 cm³/mol. The normalized spacial score (nSPS) is 11.4. The maximum atomic E-state index is 12.3. The van der Waals surface area contributed by atoms with E-state index in [-0.39, 0.29) is 34.1 Å². The minimum Gasteiger partial charge on any atom is -0.403 e. The number of alkyl halides is 3. The number of nitrogens with zero attached hydrogens (tertiary/aromatic N) is 2. The Morgan fingerprint density at radius 2 is 1.85 bits per heavy atom. The molecule has 0 atom stereocenters. The number of carbonyl (C=O) groups is 1. The Hall–Kier alpha value is -2.52. The molecule has 1 heterocycles. The number of hydrogen-bond acceptors (Lipinski definition) is 5. The van der Waals surface area contributed by atoms with Gasteiger partial charge in [-0.15, -0.1) is 5.10 Å². The van der Waals surface area contributed by atoms with Gasteiger partial charge in [0.05, 0.1) is 0 Å². The first-order valence-corrected chi connectivity index (χ1v) is 8.68. The van der Waals surface area contributed by atoms with Crippen LogP contribution in [0.3, 0.4) is 0 Å². The van der Waals surface area contributed by atoms with Crippen molar-refractivity contribution < 1.29 is 22.4 Å². The van der Waals surface area contributed by atoms with E-state index in [0.29, 0.717) is 10.6 Å². The molecule has 3 rings (SSSR count). The summed E-state index contributed by atoms with van der Waals surface area (Å²) in [5.74, 6) is -0.404. The Morgan fingerprint density at radius 3 is 2.52 bits per heavy atom. The average Bonchev–Trinajstić information content (AvgIpc) is 3.04. The highest BCUT2D eigenvalue weighted by molar-refractivity contribution is 8.00. The summed E-state index contributed by atoms with van der Waals surface area (Å²) in [4.78, 5) is 12.2. The average molecular weight is 414 g/mol. The van der Waals surface area contributed by atoms with Crippen LogP contribution in [0.5, 0.6) is 0 Å². The number of thioether (sulfide) groups is 1. The van der Waals surface area contributed by atoms with Crippen LogP contribution in [0.2, 0.25) is 5.02 Å². The van der Waals surface area contributed by atoms with Crippen LogP contribution < -0.4 is 5.32 Å². The lowest BCUT2D eigenvalue weighted by Gasteiger charge is -2.06. The van der Waals surface area contributed by atoms with Gasteiger partial charge in [0.2, 0.25) is 5.89 Å². The number of anilines is 1. The number of benzene rings is 2. The van der Waals surface area contributed by atoms with E-state index in [1.54, 1.807) is 18.2 Å². The third-order valence-electron chi connectivity index (χ3n) is 3.43. The summed E-state index contributed by atoms with van der Waals surface area (Å²) < 4.78 is 42.4. The highest BCUT2D eigenvalue weighted by Crippen LogP contribution is 2.36. The van der Waals surface area contributed by atoms with Gasteiger partial charge in [0.25, 0.3) is 5.91 Å². The van der Waals surface area contributed by atoms with Gasteiger partial charge < -0.3 is 4.42 Å². The molecule has 0 aliphatic rings. The molecular weight excluding hydrogens is 403 g/mol. The van der Waals surface area contributed by atoms with E-state index in [1.807, 2.05) is 6.92 Å². The van der Waals surface area contributed by atoms with E-state index in [2.05, 4.69) is 15.5 Å². The lowest BCUT2D eigenvalue weighted by molar-refractivity contribution is -0.0328. The van der Waals surface area contributed by atoms with E-state index in [0.717, 1.165) is 5.56 Å². The third kappa shape index (κ3) is 5.01. The molecule has 0 bridgehead atoms. The number of halogens is 4. The zero-order valence-corrected chi connectivity index (χ0v) is 15.2. The second-order valence-electron chi connectivity index (χ2n) is 5.40. The quantitative estimate of drug-likeness (QED) is 0.567. The van der Waals surface area contributed by atoms with Crippen LogP contribution in [0.4, 0.5) is 19.2 Å². The number of amides is 1. The van der Waals surface area contributed by atoms with Crippen molar-refractivity contribution in [3.8, 4) is 11.5 Å². The number of rotatable bonds is 4. The smallest absolute Gasteiger partial charge is 0.403 e. The van der Waals surface area contributed by atoms with E-state index >= 15 is 0 Å². The Morgan fingerprint density at radius 1 is 1.15 bits per heavy atom. The van der Waals surface area contributed by atoms with Gasteiger partial charge in [-0.25, -0.2) is 0 Å².